The van der Waals surface area contributed by atoms with Gasteiger partial charge in [-0.1, -0.05) is 12.1 Å². The van der Waals surface area contributed by atoms with Crippen LogP contribution in [0.3, 0.4) is 0 Å². The lowest BCUT2D eigenvalue weighted by Gasteiger charge is -2.46. The molecule has 2 aromatic rings. The summed E-state index contributed by atoms with van der Waals surface area (Å²) in [5.74, 6) is 1.77. The molecule has 0 unspecified atom stereocenters. The number of nitrogens with one attached hydrogen (secondary N) is 1. The van der Waals surface area contributed by atoms with Crippen molar-refractivity contribution in [2.24, 2.45) is 5.92 Å². The van der Waals surface area contributed by atoms with Gasteiger partial charge >= 0.3 is 6.09 Å². The van der Waals surface area contributed by atoms with Crippen LogP contribution in [0, 0.1) is 5.92 Å². The number of phenolic OH excluding ortho intramolecular Hbond substituents is 1. The number of anilines is 2. The molecule has 258 valence electrons. The Morgan fingerprint density at radius 2 is 1.47 bits per heavy atom. The van der Waals surface area contributed by atoms with E-state index in [2.05, 4.69) is 41.2 Å². The molecule has 1 aromatic carbocycles. The number of carbonyl (C=O) groups is 1. The molecule has 4 heterocycles. The molecule has 3 aliphatic heterocycles. The maximum Gasteiger partial charge on any atom is 0.410 e. The minimum absolute atomic E-state index is 0.173. The summed E-state index contributed by atoms with van der Waals surface area (Å²) in [6.07, 6.45) is 7.61. The lowest BCUT2D eigenvalue weighted by atomic mass is 9.86. The minimum atomic E-state index is -0.436. The highest BCUT2D eigenvalue weighted by molar-refractivity contribution is 5.75. The number of benzene rings is 1. The Hall–Kier alpha value is -3.15. The van der Waals surface area contributed by atoms with Crippen LogP contribution >= 0.6 is 0 Å². The van der Waals surface area contributed by atoms with Crippen LogP contribution in [0.15, 0.2) is 30.3 Å². The fourth-order valence-corrected chi connectivity index (χ4v) is 8.04. The van der Waals surface area contributed by atoms with Crippen LogP contribution in [0.25, 0.3) is 11.3 Å². The highest BCUT2D eigenvalue weighted by atomic mass is 16.6. The normalized spacial score (nSPS) is 24.3. The van der Waals surface area contributed by atoms with Crippen LogP contribution in [-0.2, 0) is 4.74 Å². The average Bonchev–Trinajstić information content (AvgIpc) is 3.08. The number of nitrogens with zero attached hydrogens (tertiary/aromatic N) is 7. The van der Waals surface area contributed by atoms with E-state index in [9.17, 15) is 9.90 Å². The molecule has 11 heteroatoms. The molecule has 0 atom stereocenters. The van der Waals surface area contributed by atoms with Crippen LogP contribution in [0.4, 0.5) is 16.3 Å². The molecule has 4 fully saturated rings. The monoisotopic (exact) mass is 648 g/mol. The van der Waals surface area contributed by atoms with Crippen LogP contribution in [-0.4, -0.2) is 138 Å². The van der Waals surface area contributed by atoms with E-state index in [0.29, 0.717) is 17.3 Å². The van der Waals surface area contributed by atoms with Gasteiger partial charge in [-0.2, -0.15) is 0 Å². The number of ether oxygens (including phenoxy) is 1. The smallest absolute Gasteiger partial charge is 0.410 e. The quantitative estimate of drug-likeness (QED) is 0.444. The van der Waals surface area contributed by atoms with Crippen LogP contribution < -0.4 is 10.2 Å². The summed E-state index contributed by atoms with van der Waals surface area (Å²) in [4.78, 5) is 24.8. The summed E-state index contributed by atoms with van der Waals surface area (Å²) in [6, 6.07) is 10.8. The fraction of sp³-hybridized carbons (Fsp3) is 0.694. The topological polar surface area (TPSA) is 101 Å². The van der Waals surface area contributed by atoms with Gasteiger partial charge in [-0.05, 0) is 96.5 Å². The maximum absolute atomic E-state index is 12.4. The molecule has 1 saturated carbocycles. The van der Waals surface area contributed by atoms with Crippen LogP contribution in [0.2, 0.25) is 0 Å². The number of rotatable bonds is 7. The summed E-state index contributed by atoms with van der Waals surface area (Å²) in [6.45, 7) is 16.9. The van der Waals surface area contributed by atoms with E-state index in [4.69, 9.17) is 4.74 Å². The Labute approximate surface area is 281 Å². The number of piperazine rings is 2. The van der Waals surface area contributed by atoms with Gasteiger partial charge < -0.3 is 29.9 Å². The summed E-state index contributed by atoms with van der Waals surface area (Å²) < 4.78 is 5.57. The van der Waals surface area contributed by atoms with E-state index < -0.39 is 5.60 Å². The highest BCUT2D eigenvalue weighted by Crippen LogP contribution is 2.34. The Morgan fingerprint density at radius 3 is 2.06 bits per heavy atom. The molecule has 1 amide bonds. The Morgan fingerprint density at radius 1 is 0.851 bits per heavy atom. The van der Waals surface area contributed by atoms with Crippen molar-refractivity contribution < 1.29 is 14.6 Å². The first kappa shape index (κ1) is 33.7. The third-order valence-corrected chi connectivity index (χ3v) is 10.7. The van der Waals surface area contributed by atoms with Gasteiger partial charge in [0.2, 0.25) is 0 Å². The second-order valence-corrected chi connectivity index (χ2v) is 15.0. The molecule has 4 aliphatic rings. The van der Waals surface area contributed by atoms with Gasteiger partial charge in [0.1, 0.15) is 11.4 Å². The minimum Gasteiger partial charge on any atom is -0.507 e. The standard InChI is InChI=1S/C36H56N8O3/c1-36(2,3)47-35(46)44-19-17-40(18-20-44)26-27-13-15-41(16-14-27)28-9-11-29(12-10-28)42-21-23-43(24-22-42)32-25-31(38-39-34(32)37-4)30-7-5-6-8-33(30)45/h5-8,25,27-29,45H,9-24,26H2,1-4H3,(H,37,39). The third kappa shape index (κ3) is 8.48. The van der Waals surface area contributed by atoms with Crippen molar-refractivity contribution in [3.8, 4) is 17.0 Å². The molecule has 0 radical (unpaired) electrons. The molecule has 1 aliphatic carbocycles. The molecule has 6 rings (SSSR count). The van der Waals surface area contributed by atoms with Crippen molar-refractivity contribution in [3.05, 3.63) is 30.3 Å². The highest BCUT2D eigenvalue weighted by Gasteiger charge is 2.34. The SMILES string of the molecule is CNc1nnc(-c2ccccc2O)cc1N1CCN(C2CCC(N3CCC(CN4CCN(C(=O)OC(C)(C)C)CC4)CC3)CC2)CC1. The zero-order valence-electron chi connectivity index (χ0n) is 29.0. The number of para-hydroxylation sites is 1. The van der Waals surface area contributed by atoms with Gasteiger partial charge in [0.25, 0.3) is 0 Å². The van der Waals surface area contributed by atoms with Crippen molar-refractivity contribution in [1.29, 1.82) is 0 Å². The molecule has 2 N–H and O–H groups in total. The number of piperidine rings is 1. The number of aromatic hydroxyl groups is 1. The van der Waals surface area contributed by atoms with Gasteiger partial charge in [0, 0.05) is 83.6 Å². The van der Waals surface area contributed by atoms with Gasteiger partial charge in [-0.15, -0.1) is 10.2 Å². The Balaban J connectivity index is 0.912. The number of phenols is 1. The van der Waals surface area contributed by atoms with E-state index in [0.717, 1.165) is 82.4 Å². The summed E-state index contributed by atoms with van der Waals surface area (Å²) in [7, 11) is 1.89. The zero-order chi connectivity index (χ0) is 33.0. The number of amides is 1. The summed E-state index contributed by atoms with van der Waals surface area (Å²) in [5, 5.41) is 22.4. The molecule has 47 heavy (non-hydrogen) atoms. The van der Waals surface area contributed by atoms with E-state index in [1.807, 2.05) is 50.9 Å². The lowest BCUT2D eigenvalue weighted by Crippen LogP contribution is -2.53. The predicted molar refractivity (Wildman–Crippen MR) is 187 cm³/mol. The van der Waals surface area contributed by atoms with E-state index in [-0.39, 0.29) is 11.8 Å². The fourth-order valence-electron chi connectivity index (χ4n) is 8.04. The predicted octanol–water partition coefficient (Wildman–Crippen LogP) is 4.59. The van der Waals surface area contributed by atoms with Crippen molar-refractivity contribution in [1.82, 2.24) is 29.8 Å². The first-order chi connectivity index (χ1) is 22.7. The van der Waals surface area contributed by atoms with Crippen molar-refractivity contribution in [2.75, 3.05) is 89.3 Å². The van der Waals surface area contributed by atoms with Gasteiger partial charge in [-0.3, -0.25) is 9.80 Å². The van der Waals surface area contributed by atoms with E-state index in [1.165, 1.54) is 51.6 Å². The Bertz CT molecular complexity index is 1320. The zero-order valence-corrected chi connectivity index (χ0v) is 29.0. The summed E-state index contributed by atoms with van der Waals surface area (Å²) >= 11 is 0. The van der Waals surface area contributed by atoms with Crippen LogP contribution in [0.5, 0.6) is 5.75 Å². The number of hydrogen-bond donors (Lipinski definition) is 2. The number of hydrogen-bond acceptors (Lipinski definition) is 10. The largest absolute Gasteiger partial charge is 0.507 e. The molecule has 11 nitrogen and oxygen atoms in total. The second kappa shape index (κ2) is 15.0. The second-order valence-electron chi connectivity index (χ2n) is 15.0. The Kier molecular flexibility index (Phi) is 10.7. The van der Waals surface area contributed by atoms with E-state index in [1.54, 1.807) is 6.07 Å². The number of likely N-dealkylation sites (tertiary alicyclic amines) is 1. The maximum atomic E-state index is 12.4. The molecule has 0 bridgehead atoms. The first-order valence-electron chi connectivity index (χ1n) is 17.9. The molecule has 3 saturated heterocycles. The summed E-state index contributed by atoms with van der Waals surface area (Å²) in [5.41, 5.74) is 2.02. The van der Waals surface area contributed by atoms with Gasteiger partial charge in [0.15, 0.2) is 5.82 Å². The van der Waals surface area contributed by atoms with Crippen molar-refractivity contribution in [2.45, 2.75) is 77.0 Å². The molecular formula is C36H56N8O3. The molecular weight excluding hydrogens is 592 g/mol. The van der Waals surface area contributed by atoms with Crippen molar-refractivity contribution in [3.63, 3.8) is 0 Å². The lowest BCUT2D eigenvalue weighted by molar-refractivity contribution is 0.0113. The van der Waals surface area contributed by atoms with Crippen molar-refractivity contribution >= 4 is 17.6 Å². The van der Waals surface area contributed by atoms with Crippen LogP contribution in [0.1, 0.15) is 59.3 Å². The number of carbonyl (C=O) groups excluding carboxylic acids is 1. The average molecular weight is 649 g/mol. The number of aromatic nitrogens is 2. The third-order valence-electron chi connectivity index (χ3n) is 10.7. The van der Waals surface area contributed by atoms with Gasteiger partial charge in [0.05, 0.1) is 11.4 Å². The first-order valence-corrected chi connectivity index (χ1v) is 17.9. The molecule has 0 spiro atoms. The van der Waals surface area contributed by atoms with E-state index >= 15 is 0 Å². The molecule has 1 aromatic heterocycles. The van der Waals surface area contributed by atoms with Gasteiger partial charge in [-0.25, -0.2) is 4.79 Å².